The van der Waals surface area contributed by atoms with Crippen LogP contribution in [0.4, 0.5) is 5.82 Å². The van der Waals surface area contributed by atoms with Gasteiger partial charge in [0.2, 0.25) is 0 Å². The molecule has 1 aliphatic rings. The summed E-state index contributed by atoms with van der Waals surface area (Å²) in [5.74, 6) is 1.03. The van der Waals surface area contributed by atoms with Gasteiger partial charge in [-0.2, -0.15) is 0 Å². The lowest BCUT2D eigenvalue weighted by Gasteiger charge is -2.28. The number of carbonyl (C=O) groups is 1. The Morgan fingerprint density at radius 2 is 2.26 bits per heavy atom. The molecule has 0 radical (unpaired) electrons. The molecule has 0 aliphatic carbocycles. The summed E-state index contributed by atoms with van der Waals surface area (Å²) in [4.78, 5) is 18.8. The second-order valence-electron chi connectivity index (χ2n) is 5.58. The van der Waals surface area contributed by atoms with E-state index in [-0.39, 0.29) is 5.91 Å². The molecule has 0 saturated carbocycles. The third-order valence-corrected chi connectivity index (χ3v) is 3.84. The number of carbonyl (C=O) groups excluding carboxylic acids is 1. The number of likely N-dealkylation sites (tertiary alicyclic amines) is 1. The number of hydrogen-bond acceptors (Lipinski definition) is 3. The Morgan fingerprint density at radius 1 is 1.53 bits per heavy atom. The van der Waals surface area contributed by atoms with Gasteiger partial charge in [-0.15, -0.1) is 0 Å². The molecule has 4 heteroatoms. The fourth-order valence-electron chi connectivity index (χ4n) is 2.82. The molecule has 19 heavy (non-hydrogen) atoms. The highest BCUT2D eigenvalue weighted by molar-refractivity contribution is 5.95. The topological polar surface area (TPSA) is 59.2 Å². The predicted octanol–water partition coefficient (Wildman–Crippen LogP) is 2.49. The highest BCUT2D eigenvalue weighted by Gasteiger charge is 2.31. The van der Waals surface area contributed by atoms with Crippen molar-refractivity contribution in [1.29, 1.82) is 0 Å². The summed E-state index contributed by atoms with van der Waals surface area (Å²) in [6.07, 6.45) is 2.99. The first kappa shape index (κ1) is 13.8. The zero-order valence-electron chi connectivity index (χ0n) is 12.0. The molecule has 1 saturated heterocycles. The molecule has 4 nitrogen and oxygen atoms in total. The summed E-state index contributed by atoms with van der Waals surface area (Å²) in [7, 11) is 0. The summed E-state index contributed by atoms with van der Waals surface area (Å²) in [5.41, 5.74) is 7.34. The molecule has 1 aliphatic heterocycles. The number of aryl methyl sites for hydroxylation is 1. The van der Waals surface area contributed by atoms with Gasteiger partial charge in [0.25, 0.3) is 5.91 Å². The molecule has 104 valence electrons. The minimum atomic E-state index is 0.0972. The highest BCUT2D eigenvalue weighted by Crippen LogP contribution is 2.26. The molecule has 0 aromatic carbocycles. The molecule has 2 rings (SSSR count). The van der Waals surface area contributed by atoms with Crippen LogP contribution in [0.1, 0.15) is 49.7 Å². The maximum atomic E-state index is 12.6. The zero-order chi connectivity index (χ0) is 14.0. The van der Waals surface area contributed by atoms with Crippen molar-refractivity contribution in [2.24, 2.45) is 5.92 Å². The van der Waals surface area contributed by atoms with Crippen molar-refractivity contribution in [3.63, 3.8) is 0 Å². The van der Waals surface area contributed by atoms with E-state index in [1.54, 1.807) is 6.07 Å². The average Bonchev–Trinajstić information content (AvgIpc) is 2.86. The second kappa shape index (κ2) is 5.59. The maximum absolute atomic E-state index is 12.6. The first-order valence-corrected chi connectivity index (χ1v) is 7.10. The molecule has 1 unspecified atom stereocenters. The van der Waals surface area contributed by atoms with E-state index in [0.717, 1.165) is 31.5 Å². The summed E-state index contributed by atoms with van der Waals surface area (Å²) in [6.45, 7) is 7.22. The Balaban J connectivity index is 2.26. The van der Waals surface area contributed by atoms with Gasteiger partial charge in [-0.25, -0.2) is 4.98 Å². The molecule has 1 aromatic rings. The number of aromatic nitrogens is 1. The van der Waals surface area contributed by atoms with E-state index in [4.69, 9.17) is 5.73 Å². The van der Waals surface area contributed by atoms with Gasteiger partial charge in [0.15, 0.2) is 0 Å². The van der Waals surface area contributed by atoms with Gasteiger partial charge in [-0.1, -0.05) is 20.8 Å². The van der Waals surface area contributed by atoms with Crippen LogP contribution in [0.15, 0.2) is 12.1 Å². The van der Waals surface area contributed by atoms with E-state index in [1.165, 1.54) is 0 Å². The van der Waals surface area contributed by atoms with Gasteiger partial charge >= 0.3 is 0 Å². The van der Waals surface area contributed by atoms with E-state index in [0.29, 0.717) is 23.3 Å². The summed E-state index contributed by atoms with van der Waals surface area (Å²) < 4.78 is 0. The van der Waals surface area contributed by atoms with Crippen LogP contribution in [-0.4, -0.2) is 28.4 Å². The lowest BCUT2D eigenvalue weighted by molar-refractivity contribution is 0.0701. The third kappa shape index (κ3) is 2.88. The summed E-state index contributed by atoms with van der Waals surface area (Å²) in [6, 6.07) is 3.91. The van der Waals surface area contributed by atoms with Gasteiger partial charge in [0, 0.05) is 23.8 Å². The Hall–Kier alpha value is -1.58. The first-order valence-electron chi connectivity index (χ1n) is 7.10. The van der Waals surface area contributed by atoms with E-state index < -0.39 is 0 Å². The van der Waals surface area contributed by atoms with Crippen molar-refractivity contribution in [2.75, 3.05) is 12.3 Å². The van der Waals surface area contributed by atoms with Crippen molar-refractivity contribution >= 4 is 11.7 Å². The number of amides is 1. The monoisotopic (exact) mass is 261 g/mol. The number of nitrogens with two attached hydrogens (primary N) is 1. The molecule has 0 spiro atoms. The largest absolute Gasteiger partial charge is 0.384 e. The van der Waals surface area contributed by atoms with Crippen molar-refractivity contribution in [3.05, 3.63) is 23.4 Å². The Bertz CT molecular complexity index is 470. The smallest absolute Gasteiger partial charge is 0.254 e. The van der Waals surface area contributed by atoms with Crippen LogP contribution in [0.25, 0.3) is 0 Å². The standard InChI is InChI=1S/C15H23N3O/c1-4-12-8-11(9-14(16)17-12)15(19)18-7-5-6-13(18)10(2)3/h8-10,13H,4-7H2,1-3H3,(H2,16,17). The Morgan fingerprint density at radius 3 is 2.89 bits per heavy atom. The van der Waals surface area contributed by atoms with E-state index in [1.807, 2.05) is 17.9 Å². The minimum Gasteiger partial charge on any atom is -0.384 e. The number of rotatable bonds is 3. The maximum Gasteiger partial charge on any atom is 0.254 e. The van der Waals surface area contributed by atoms with Crippen LogP contribution >= 0.6 is 0 Å². The van der Waals surface area contributed by atoms with Gasteiger partial charge < -0.3 is 10.6 Å². The van der Waals surface area contributed by atoms with E-state index in [2.05, 4.69) is 18.8 Å². The molecule has 2 N–H and O–H groups in total. The second-order valence-corrected chi connectivity index (χ2v) is 5.58. The van der Waals surface area contributed by atoms with Gasteiger partial charge in [0.05, 0.1) is 0 Å². The molecule has 1 atom stereocenters. The van der Waals surface area contributed by atoms with Gasteiger partial charge in [-0.05, 0) is 37.3 Å². The number of nitrogens with zero attached hydrogens (tertiary/aromatic N) is 2. The molecule has 2 heterocycles. The van der Waals surface area contributed by atoms with E-state index >= 15 is 0 Å². The number of hydrogen-bond donors (Lipinski definition) is 1. The molecule has 1 aromatic heterocycles. The third-order valence-electron chi connectivity index (χ3n) is 3.84. The zero-order valence-corrected chi connectivity index (χ0v) is 12.0. The fraction of sp³-hybridized carbons (Fsp3) is 0.600. The van der Waals surface area contributed by atoms with Crippen LogP contribution in [0.5, 0.6) is 0 Å². The normalized spacial score (nSPS) is 19.2. The first-order chi connectivity index (χ1) is 9.02. The van der Waals surface area contributed by atoms with Crippen molar-refractivity contribution in [1.82, 2.24) is 9.88 Å². The number of anilines is 1. The quantitative estimate of drug-likeness (QED) is 0.909. The molecular formula is C15H23N3O. The number of pyridine rings is 1. The lowest BCUT2D eigenvalue weighted by atomic mass is 10.0. The summed E-state index contributed by atoms with van der Waals surface area (Å²) >= 11 is 0. The number of nitrogen functional groups attached to an aromatic ring is 1. The highest BCUT2D eigenvalue weighted by atomic mass is 16.2. The van der Waals surface area contributed by atoms with Crippen molar-refractivity contribution in [2.45, 2.75) is 46.1 Å². The van der Waals surface area contributed by atoms with Gasteiger partial charge in [0.1, 0.15) is 5.82 Å². The van der Waals surface area contributed by atoms with Gasteiger partial charge in [-0.3, -0.25) is 4.79 Å². The van der Waals surface area contributed by atoms with Crippen LogP contribution in [0.3, 0.4) is 0 Å². The minimum absolute atomic E-state index is 0.0972. The summed E-state index contributed by atoms with van der Waals surface area (Å²) in [5, 5.41) is 0. The van der Waals surface area contributed by atoms with Crippen LogP contribution in [-0.2, 0) is 6.42 Å². The molecule has 1 amide bonds. The predicted molar refractivity (Wildman–Crippen MR) is 76.9 cm³/mol. The van der Waals surface area contributed by atoms with Crippen LogP contribution < -0.4 is 5.73 Å². The van der Waals surface area contributed by atoms with Crippen molar-refractivity contribution < 1.29 is 4.79 Å². The SMILES string of the molecule is CCc1cc(C(=O)N2CCCC2C(C)C)cc(N)n1. The van der Waals surface area contributed by atoms with Crippen LogP contribution in [0.2, 0.25) is 0 Å². The lowest BCUT2D eigenvalue weighted by Crippen LogP contribution is -2.38. The molecular weight excluding hydrogens is 238 g/mol. The Labute approximate surface area is 115 Å². The average molecular weight is 261 g/mol. The van der Waals surface area contributed by atoms with Crippen molar-refractivity contribution in [3.8, 4) is 0 Å². The van der Waals surface area contributed by atoms with Crippen LogP contribution in [0, 0.1) is 5.92 Å². The Kier molecular flexibility index (Phi) is 4.08. The van der Waals surface area contributed by atoms with E-state index in [9.17, 15) is 4.79 Å². The molecule has 0 bridgehead atoms. The fourth-order valence-corrected chi connectivity index (χ4v) is 2.82. The molecule has 1 fully saturated rings.